The van der Waals surface area contributed by atoms with Crippen molar-refractivity contribution in [2.75, 3.05) is 17.7 Å². The number of alkyl halides is 1. The number of carbonyl (C=O) groups excluding carboxylic acids is 2. The number of aliphatic hydroxyl groups excluding tert-OH is 1. The van der Waals surface area contributed by atoms with E-state index in [1.807, 2.05) is 0 Å². The quantitative estimate of drug-likeness (QED) is 0.146. The van der Waals surface area contributed by atoms with Crippen LogP contribution in [0.4, 0.5) is 4.79 Å². The number of nitrogens with one attached hydrogen (secondary N) is 2. The van der Waals surface area contributed by atoms with Gasteiger partial charge in [-0.1, -0.05) is 0 Å². The van der Waals surface area contributed by atoms with Gasteiger partial charge in [0, 0.05) is 0 Å². The molecule has 5 nitrogen and oxygen atoms in total. The van der Waals surface area contributed by atoms with Crippen LogP contribution in [0.1, 0.15) is 26.2 Å². The summed E-state index contributed by atoms with van der Waals surface area (Å²) in [6.45, 7) is 2.78. The van der Waals surface area contributed by atoms with Gasteiger partial charge < -0.3 is 0 Å². The van der Waals surface area contributed by atoms with Crippen LogP contribution in [-0.2, 0) is 4.79 Å². The van der Waals surface area contributed by atoms with Crippen LogP contribution in [0.15, 0.2) is 0 Å². The van der Waals surface area contributed by atoms with Gasteiger partial charge >= 0.3 is 100 Å². The van der Waals surface area contributed by atoms with Crippen molar-refractivity contribution in [1.29, 1.82) is 0 Å². The molecule has 0 bridgehead atoms. The molecule has 0 aliphatic carbocycles. The van der Waals surface area contributed by atoms with Crippen molar-refractivity contribution >= 4 is 9.82 Å². The van der Waals surface area contributed by atoms with Crippen molar-refractivity contribution < 1.29 is 35.9 Å². The van der Waals surface area contributed by atoms with Crippen molar-refractivity contribution in [2.24, 2.45) is 0 Å². The van der Waals surface area contributed by atoms with Crippen LogP contribution in [0, 0.1) is 0 Å². The van der Waals surface area contributed by atoms with E-state index in [-0.39, 0.29) is 21.0 Å². The molecule has 0 atom stereocenters. The minimum atomic E-state index is -0.861. The van der Waals surface area contributed by atoms with Gasteiger partial charge in [-0.2, -0.15) is 0 Å². The Hall–Kier alpha value is -0.370. The Morgan fingerprint density at radius 3 is 2.60 bits per heavy atom. The number of amides is 2. The second kappa shape index (κ2) is 10.2. The zero-order valence-electron chi connectivity index (χ0n) is 8.88. The second-order valence-electron chi connectivity index (χ2n) is 2.94. The molecule has 0 aromatic rings. The maximum atomic E-state index is 11.1. The third-order valence-corrected chi connectivity index (χ3v) is 3.09. The van der Waals surface area contributed by atoms with E-state index in [4.69, 9.17) is 5.11 Å². The Labute approximate surface area is 100 Å². The van der Waals surface area contributed by atoms with E-state index < -0.39 is 21.2 Å². The van der Waals surface area contributed by atoms with Gasteiger partial charge in [-0.15, -0.1) is 0 Å². The van der Waals surface area contributed by atoms with Gasteiger partial charge in [0.25, 0.3) is 0 Å². The van der Waals surface area contributed by atoms with Crippen molar-refractivity contribution in [3.05, 3.63) is 0 Å². The van der Waals surface area contributed by atoms with Gasteiger partial charge in [-0.05, 0) is 0 Å². The molecule has 0 radical (unpaired) electrons. The molecular formula is C9H18IN2O3-. The second-order valence-corrected chi connectivity index (χ2v) is 5.36. The maximum absolute atomic E-state index is 11.1. The van der Waals surface area contributed by atoms with Crippen LogP contribution in [0.2, 0.25) is 0 Å². The van der Waals surface area contributed by atoms with Crippen molar-refractivity contribution in [3.8, 4) is 0 Å². The first-order chi connectivity index (χ1) is 7.20. The van der Waals surface area contributed by atoms with E-state index in [0.717, 1.165) is 19.3 Å². The molecule has 0 aliphatic rings. The third-order valence-electron chi connectivity index (χ3n) is 1.67. The number of rotatable bonds is 8. The number of carbonyl (C=O) groups is 2. The summed E-state index contributed by atoms with van der Waals surface area (Å²) in [6.07, 6.45) is 3.19. The summed E-state index contributed by atoms with van der Waals surface area (Å²) in [7, 11) is 0. The Kier molecular flexibility index (Phi) is 9.91. The van der Waals surface area contributed by atoms with E-state index in [1.54, 1.807) is 0 Å². The standard InChI is InChI=1S/C9H18IN2O3/c1-2-3-4-5-11-8(14)6-12-9(15)10-7-13/h13H,2-7H2,1H3,(H,11,14)(H,12,15)/q-1. The first kappa shape index (κ1) is 14.6. The molecule has 6 heteroatoms. The summed E-state index contributed by atoms with van der Waals surface area (Å²) in [4.78, 5) is 22.1. The molecule has 0 heterocycles. The molecule has 0 aliphatic heterocycles. The van der Waals surface area contributed by atoms with E-state index in [0.29, 0.717) is 6.54 Å². The Balaban J connectivity index is 3.36. The Bertz CT molecular complexity index is 200. The summed E-state index contributed by atoms with van der Waals surface area (Å²) >= 11 is -0.861. The number of aliphatic hydroxyl groups is 1. The molecule has 0 saturated heterocycles. The molecule has 3 N–H and O–H groups in total. The van der Waals surface area contributed by atoms with E-state index in [9.17, 15) is 9.59 Å². The fourth-order valence-corrected chi connectivity index (χ4v) is 1.69. The normalized spacial score (nSPS) is 10.0. The van der Waals surface area contributed by atoms with Crippen molar-refractivity contribution in [1.82, 2.24) is 10.6 Å². The number of halogens is 1. The van der Waals surface area contributed by atoms with E-state index in [2.05, 4.69) is 17.6 Å². The van der Waals surface area contributed by atoms with Gasteiger partial charge in [-0.25, -0.2) is 0 Å². The molecule has 2 amide bonds. The minimum absolute atomic E-state index is 0.0185. The molecule has 90 valence electrons. The predicted octanol–water partition coefficient (Wildman–Crippen LogP) is -2.96. The van der Waals surface area contributed by atoms with Gasteiger partial charge in [0.2, 0.25) is 0 Å². The van der Waals surface area contributed by atoms with Gasteiger partial charge in [0.05, 0.1) is 0 Å². The molecule has 0 aromatic heterocycles. The topological polar surface area (TPSA) is 78.4 Å². The van der Waals surface area contributed by atoms with Gasteiger partial charge in [-0.3, -0.25) is 0 Å². The number of hydrogen-bond donors (Lipinski definition) is 3. The van der Waals surface area contributed by atoms with Crippen molar-refractivity contribution in [2.45, 2.75) is 26.2 Å². The fourth-order valence-electron chi connectivity index (χ4n) is 0.917. The number of hydrogen-bond acceptors (Lipinski definition) is 3. The van der Waals surface area contributed by atoms with Crippen LogP contribution >= 0.6 is 0 Å². The third kappa shape index (κ3) is 9.92. The zero-order chi connectivity index (χ0) is 11.5. The fraction of sp³-hybridized carbons (Fsp3) is 0.778. The molecule has 0 rings (SSSR count). The van der Waals surface area contributed by atoms with Crippen LogP contribution < -0.4 is 31.8 Å². The first-order valence-electron chi connectivity index (χ1n) is 4.95. The Morgan fingerprint density at radius 2 is 2.00 bits per heavy atom. The van der Waals surface area contributed by atoms with Crippen LogP contribution in [-0.4, -0.2) is 32.6 Å². The Morgan fingerprint density at radius 1 is 1.27 bits per heavy atom. The van der Waals surface area contributed by atoms with E-state index in [1.165, 1.54) is 0 Å². The summed E-state index contributed by atoms with van der Waals surface area (Å²) in [5.74, 6) is -0.165. The first-order valence-corrected chi connectivity index (χ1v) is 7.55. The van der Waals surface area contributed by atoms with Gasteiger partial charge in [0.1, 0.15) is 0 Å². The zero-order valence-corrected chi connectivity index (χ0v) is 11.0. The number of unbranched alkanes of at least 4 members (excludes halogenated alkanes) is 2. The summed E-state index contributed by atoms with van der Waals surface area (Å²) in [5, 5.41) is 13.7. The van der Waals surface area contributed by atoms with Crippen molar-refractivity contribution in [3.63, 3.8) is 0 Å². The van der Waals surface area contributed by atoms with Gasteiger partial charge in [0.15, 0.2) is 0 Å². The van der Waals surface area contributed by atoms with Crippen LogP contribution in [0.3, 0.4) is 0 Å². The molecule has 0 unspecified atom stereocenters. The molecule has 0 spiro atoms. The molecule has 15 heavy (non-hydrogen) atoms. The summed E-state index contributed by atoms with van der Waals surface area (Å²) in [6, 6.07) is 0. The van der Waals surface area contributed by atoms with E-state index >= 15 is 0 Å². The molecule has 0 aromatic carbocycles. The van der Waals surface area contributed by atoms with Crippen LogP contribution in [0.25, 0.3) is 0 Å². The van der Waals surface area contributed by atoms with Crippen LogP contribution in [0.5, 0.6) is 0 Å². The summed E-state index contributed by atoms with van der Waals surface area (Å²) in [5.41, 5.74) is 0. The average Bonchev–Trinajstić information content (AvgIpc) is 2.22. The monoisotopic (exact) mass is 329 g/mol. The molecular weight excluding hydrogens is 311 g/mol. The SMILES string of the molecule is CCCCCNC(=O)CNC(=O)[I-]CO. The summed E-state index contributed by atoms with van der Waals surface area (Å²) < 4.78 is -0.275. The molecule has 0 saturated carbocycles. The molecule has 0 fully saturated rings. The average molecular weight is 329 g/mol. The predicted molar refractivity (Wildman–Crippen MR) is 53.0 cm³/mol.